The lowest BCUT2D eigenvalue weighted by molar-refractivity contribution is -0.137. The molecule has 1 unspecified atom stereocenters. The van der Waals surface area contributed by atoms with Gasteiger partial charge in [0.15, 0.2) is 0 Å². The number of fused-ring (bicyclic) bond motifs is 1. The number of nitrogens with one attached hydrogen (secondary N) is 1. The lowest BCUT2D eigenvalue weighted by Gasteiger charge is -2.29. The predicted molar refractivity (Wildman–Crippen MR) is 162 cm³/mol. The second kappa shape index (κ2) is 13.4. The molecular weight excluding hydrogens is 566 g/mol. The number of carbonyl (C=O) groups is 5. The van der Waals surface area contributed by atoms with Crippen molar-refractivity contribution in [2.24, 2.45) is 0 Å². The first-order valence-corrected chi connectivity index (χ1v) is 14.9. The van der Waals surface area contributed by atoms with Gasteiger partial charge < -0.3 is 14.7 Å². The molecule has 1 aromatic heterocycles. The van der Waals surface area contributed by atoms with Gasteiger partial charge in [0.1, 0.15) is 11.0 Å². The van der Waals surface area contributed by atoms with Gasteiger partial charge >= 0.3 is 0 Å². The molecule has 1 saturated heterocycles. The van der Waals surface area contributed by atoms with Gasteiger partial charge in [0, 0.05) is 79.9 Å². The number of thiazole rings is 1. The molecule has 1 N–H and O–H groups in total. The Balaban J connectivity index is 1.09. The molecule has 3 aromatic rings. The van der Waals surface area contributed by atoms with Crippen molar-refractivity contribution in [1.29, 1.82) is 0 Å². The normalized spacial score (nSPS) is 15.8. The van der Waals surface area contributed by atoms with Crippen molar-refractivity contribution >= 4 is 47.1 Å². The Morgan fingerprint density at radius 2 is 1.98 bits per heavy atom. The van der Waals surface area contributed by atoms with Crippen molar-refractivity contribution in [2.75, 3.05) is 25.0 Å². The van der Waals surface area contributed by atoms with E-state index >= 15 is 0 Å². The molecule has 0 bridgehead atoms. The van der Waals surface area contributed by atoms with Crippen LogP contribution in [0.25, 0.3) is 10.6 Å². The number of piperidine rings is 1. The van der Waals surface area contributed by atoms with E-state index in [-0.39, 0.29) is 43.7 Å². The van der Waals surface area contributed by atoms with E-state index in [0.717, 1.165) is 33.8 Å². The molecule has 220 valence electrons. The van der Waals surface area contributed by atoms with Gasteiger partial charge in [-0.05, 0) is 54.8 Å². The van der Waals surface area contributed by atoms with Crippen LogP contribution in [0.15, 0.2) is 54.0 Å². The van der Waals surface area contributed by atoms with Crippen molar-refractivity contribution in [3.63, 3.8) is 0 Å². The van der Waals surface area contributed by atoms with Crippen molar-refractivity contribution < 1.29 is 24.0 Å². The molecule has 1 atom stereocenters. The smallest absolute Gasteiger partial charge is 0.255 e. The fraction of sp³-hybridized carbons (Fsp3) is 0.312. The van der Waals surface area contributed by atoms with Crippen LogP contribution in [-0.4, -0.2) is 71.0 Å². The zero-order valence-electron chi connectivity index (χ0n) is 23.7. The third kappa shape index (κ3) is 6.81. The quantitative estimate of drug-likeness (QED) is 0.166. The maximum Gasteiger partial charge on any atom is 0.255 e. The van der Waals surface area contributed by atoms with Crippen molar-refractivity contribution in [2.45, 2.75) is 44.7 Å². The molecular formula is C32H31N5O5S. The average Bonchev–Trinajstić information content (AvgIpc) is 3.67. The average molecular weight is 598 g/mol. The minimum atomic E-state index is -0.667. The topological polar surface area (TPSA) is 120 Å². The maximum absolute atomic E-state index is 13.0. The molecule has 2 aromatic carbocycles. The summed E-state index contributed by atoms with van der Waals surface area (Å²) in [4.78, 5) is 70.2. The number of anilines is 1. The predicted octanol–water partition coefficient (Wildman–Crippen LogP) is 3.21. The van der Waals surface area contributed by atoms with Crippen LogP contribution in [0.2, 0.25) is 0 Å². The van der Waals surface area contributed by atoms with E-state index in [1.165, 1.54) is 9.80 Å². The first-order valence-electron chi connectivity index (χ1n) is 14.1. The van der Waals surface area contributed by atoms with Crippen molar-refractivity contribution in [3.8, 4) is 22.4 Å². The number of nitrogens with zero attached hydrogens (tertiary/aromatic N) is 4. The number of rotatable bonds is 10. The van der Waals surface area contributed by atoms with Crippen LogP contribution >= 0.6 is 11.3 Å². The summed E-state index contributed by atoms with van der Waals surface area (Å²) < 4.78 is 0. The summed E-state index contributed by atoms with van der Waals surface area (Å²) in [6.07, 6.45) is 4.42. The first-order chi connectivity index (χ1) is 20.9. The lowest BCUT2D eigenvalue weighted by Crippen LogP contribution is -2.52. The highest BCUT2D eigenvalue weighted by Crippen LogP contribution is 2.29. The van der Waals surface area contributed by atoms with Crippen LogP contribution in [-0.2, 0) is 25.7 Å². The molecule has 3 heterocycles. The number of hydrogen-bond acceptors (Lipinski definition) is 7. The Morgan fingerprint density at radius 3 is 2.70 bits per heavy atom. The molecule has 1 fully saturated rings. The van der Waals surface area contributed by atoms with Crippen LogP contribution in [0, 0.1) is 11.8 Å². The van der Waals surface area contributed by atoms with Crippen molar-refractivity contribution in [1.82, 2.24) is 20.1 Å². The summed E-state index contributed by atoms with van der Waals surface area (Å²) in [5, 5.41) is 5.13. The second-order valence-electron chi connectivity index (χ2n) is 10.4. The first kappa shape index (κ1) is 29.7. The number of hydrogen-bond donors (Lipinski definition) is 1. The van der Waals surface area contributed by atoms with Gasteiger partial charge in [-0.15, -0.1) is 11.3 Å². The van der Waals surface area contributed by atoms with E-state index in [2.05, 4.69) is 22.1 Å². The highest BCUT2D eigenvalue weighted by molar-refractivity contribution is 7.13. The number of amides is 5. The molecule has 5 rings (SSSR count). The van der Waals surface area contributed by atoms with Gasteiger partial charge in [0.2, 0.25) is 24.1 Å². The lowest BCUT2D eigenvalue weighted by atomic mass is 10.0. The van der Waals surface area contributed by atoms with Crippen molar-refractivity contribution in [3.05, 3.63) is 70.7 Å². The number of imide groups is 1. The van der Waals surface area contributed by atoms with Crippen LogP contribution < -0.4 is 10.2 Å². The standard InChI is InChI=1S/C32H31N5O5S/c1-35(29(40)15-18-36(21-38)24-11-9-23(10-12-24)31-33-16-19-43-31)17-4-2-3-6-22-7-5-8-25-26(22)20-37(32(25)42)27-13-14-28(39)34-30(27)41/h5,7-12,16,19,21,27H,2,4,13-15,17-18,20H2,1H3,(H,34,39,41). The fourth-order valence-corrected chi connectivity index (χ4v) is 5.85. The van der Waals surface area contributed by atoms with Gasteiger partial charge in [-0.1, -0.05) is 17.9 Å². The van der Waals surface area contributed by atoms with Crippen LogP contribution in [0.5, 0.6) is 0 Å². The molecule has 2 aliphatic rings. The largest absolute Gasteiger partial charge is 0.346 e. The molecule has 0 aliphatic carbocycles. The maximum atomic E-state index is 13.0. The highest BCUT2D eigenvalue weighted by Gasteiger charge is 2.39. The van der Waals surface area contributed by atoms with Crippen LogP contribution in [0.1, 0.15) is 53.6 Å². The number of carbonyl (C=O) groups excluding carboxylic acids is 5. The fourth-order valence-electron chi connectivity index (χ4n) is 5.20. The zero-order valence-corrected chi connectivity index (χ0v) is 24.6. The number of benzene rings is 2. The van der Waals surface area contributed by atoms with Crippen LogP contribution in [0.4, 0.5) is 5.69 Å². The van der Waals surface area contributed by atoms with E-state index in [4.69, 9.17) is 0 Å². The van der Waals surface area contributed by atoms with E-state index in [0.29, 0.717) is 31.4 Å². The van der Waals surface area contributed by atoms with Crippen LogP contribution in [0.3, 0.4) is 0 Å². The second-order valence-corrected chi connectivity index (χ2v) is 11.3. The summed E-state index contributed by atoms with van der Waals surface area (Å²) in [6.45, 7) is 1.07. The minimum absolute atomic E-state index is 0.0628. The molecule has 43 heavy (non-hydrogen) atoms. The molecule has 5 amide bonds. The van der Waals surface area contributed by atoms with Gasteiger partial charge in [-0.2, -0.15) is 0 Å². The summed E-state index contributed by atoms with van der Waals surface area (Å²) in [5.74, 6) is 5.25. The Hall–Kier alpha value is -4.82. The van der Waals surface area contributed by atoms with Gasteiger partial charge in [-0.3, -0.25) is 29.3 Å². The number of unbranched alkanes of at least 4 members (excludes halogenated alkanes) is 1. The summed E-state index contributed by atoms with van der Waals surface area (Å²) in [7, 11) is 1.74. The zero-order chi connectivity index (χ0) is 30.3. The molecule has 11 heteroatoms. The van der Waals surface area contributed by atoms with Gasteiger partial charge in [0.05, 0.1) is 0 Å². The van der Waals surface area contributed by atoms with E-state index < -0.39 is 11.9 Å². The third-order valence-electron chi connectivity index (χ3n) is 7.60. The molecule has 0 saturated carbocycles. The Labute approximate surface area is 253 Å². The van der Waals surface area contributed by atoms with E-state index in [1.807, 2.05) is 35.7 Å². The molecule has 0 spiro atoms. The molecule has 0 radical (unpaired) electrons. The highest BCUT2D eigenvalue weighted by atomic mass is 32.1. The summed E-state index contributed by atoms with van der Waals surface area (Å²) >= 11 is 1.54. The van der Waals surface area contributed by atoms with E-state index in [9.17, 15) is 24.0 Å². The van der Waals surface area contributed by atoms with E-state index in [1.54, 1.807) is 41.6 Å². The SMILES string of the molecule is CN(CCCC#Cc1cccc2c1CN(C1CCC(=O)NC1=O)C2=O)C(=O)CCN(C=O)c1ccc(-c2nccs2)cc1. The van der Waals surface area contributed by atoms with Gasteiger partial charge in [0.25, 0.3) is 5.91 Å². The van der Waals surface area contributed by atoms with Gasteiger partial charge in [-0.25, -0.2) is 4.98 Å². The Bertz CT molecular complexity index is 1590. The monoisotopic (exact) mass is 597 g/mol. The molecule has 2 aliphatic heterocycles. The summed E-state index contributed by atoms with van der Waals surface area (Å²) in [6, 6.07) is 12.2. The third-order valence-corrected chi connectivity index (χ3v) is 8.42. The number of aromatic nitrogens is 1. The minimum Gasteiger partial charge on any atom is -0.346 e. The Morgan fingerprint density at radius 1 is 1.16 bits per heavy atom. The Kier molecular flexibility index (Phi) is 9.27. The molecule has 10 nitrogen and oxygen atoms in total. The summed E-state index contributed by atoms with van der Waals surface area (Å²) in [5.41, 5.74) is 3.74.